The maximum absolute atomic E-state index is 13.5. The molecule has 0 saturated heterocycles. The van der Waals surface area contributed by atoms with E-state index in [1.165, 1.54) is 11.8 Å². The molecule has 8 heteroatoms. The van der Waals surface area contributed by atoms with E-state index in [9.17, 15) is 9.59 Å². The summed E-state index contributed by atoms with van der Waals surface area (Å²) in [5.41, 5.74) is 3.25. The predicted octanol–water partition coefficient (Wildman–Crippen LogP) is 5.92. The average Bonchev–Trinajstić information content (AvgIpc) is 3.26. The molecule has 6 nitrogen and oxygen atoms in total. The van der Waals surface area contributed by atoms with Crippen LogP contribution in [-0.2, 0) is 14.3 Å². The van der Waals surface area contributed by atoms with Crippen LogP contribution in [0.4, 0.5) is 0 Å². The zero-order valence-electron chi connectivity index (χ0n) is 20.0. The van der Waals surface area contributed by atoms with E-state index in [2.05, 4.69) is 5.32 Å². The van der Waals surface area contributed by atoms with Crippen molar-refractivity contribution in [3.8, 4) is 0 Å². The van der Waals surface area contributed by atoms with Crippen LogP contribution in [0.25, 0.3) is 5.70 Å². The highest BCUT2D eigenvalue weighted by molar-refractivity contribution is 8.16. The molecule has 2 aliphatic rings. The molecule has 0 aromatic heterocycles. The zero-order valence-corrected chi connectivity index (χ0v) is 21.5. The van der Waals surface area contributed by atoms with Gasteiger partial charge in [0.05, 0.1) is 30.3 Å². The van der Waals surface area contributed by atoms with E-state index in [1.807, 2.05) is 72.7 Å². The number of thioether (sulfide) groups is 1. The third kappa shape index (κ3) is 5.31. The molecule has 2 unspecified atom stereocenters. The van der Waals surface area contributed by atoms with Crippen molar-refractivity contribution in [2.24, 2.45) is 4.99 Å². The minimum atomic E-state index is -0.594. The van der Waals surface area contributed by atoms with Gasteiger partial charge in [0.25, 0.3) is 0 Å². The molecular weight excluding hydrogens is 482 g/mol. The zero-order chi connectivity index (χ0) is 24.9. The topological polar surface area (TPSA) is 71.0 Å². The number of hydrogen-bond donors (Lipinski definition) is 1. The monoisotopic (exact) mass is 509 g/mol. The maximum atomic E-state index is 13.5. The van der Waals surface area contributed by atoms with E-state index >= 15 is 0 Å². The van der Waals surface area contributed by atoms with E-state index < -0.39 is 12.0 Å². The van der Waals surface area contributed by atoms with Crippen LogP contribution in [0.1, 0.15) is 50.8 Å². The molecule has 1 amide bonds. The van der Waals surface area contributed by atoms with Gasteiger partial charge in [0.1, 0.15) is 0 Å². The van der Waals surface area contributed by atoms with Crippen LogP contribution >= 0.6 is 23.4 Å². The second kappa shape index (κ2) is 11.1. The number of amidine groups is 1. The first-order valence-corrected chi connectivity index (χ1v) is 12.9. The van der Waals surface area contributed by atoms with Gasteiger partial charge in [-0.15, -0.1) is 0 Å². The van der Waals surface area contributed by atoms with E-state index in [0.717, 1.165) is 23.2 Å². The Morgan fingerprint density at radius 3 is 2.54 bits per heavy atom. The van der Waals surface area contributed by atoms with Gasteiger partial charge >= 0.3 is 5.97 Å². The third-order valence-electron chi connectivity index (χ3n) is 5.91. The lowest BCUT2D eigenvalue weighted by molar-refractivity contribution is -0.139. The Balaban J connectivity index is 1.85. The van der Waals surface area contributed by atoms with Gasteiger partial charge < -0.3 is 15.0 Å². The normalized spacial score (nSPS) is 17.9. The second-order valence-electron chi connectivity index (χ2n) is 8.32. The second-order valence-corrected chi connectivity index (χ2v) is 9.56. The van der Waals surface area contributed by atoms with Gasteiger partial charge in [-0.2, -0.15) is 0 Å². The smallest absolute Gasteiger partial charge is 0.338 e. The molecule has 2 aromatic carbocycles. The number of amides is 1. The lowest BCUT2D eigenvalue weighted by atomic mass is 9.91. The molecule has 0 radical (unpaired) electrons. The molecule has 2 aliphatic heterocycles. The first-order chi connectivity index (χ1) is 16.9. The Kier molecular flexibility index (Phi) is 7.98. The Morgan fingerprint density at radius 2 is 1.86 bits per heavy atom. The van der Waals surface area contributed by atoms with Gasteiger partial charge in [-0.3, -0.25) is 4.79 Å². The van der Waals surface area contributed by atoms with E-state index in [-0.39, 0.29) is 25.0 Å². The Morgan fingerprint density at radius 1 is 1.14 bits per heavy atom. The quantitative estimate of drug-likeness (QED) is 0.447. The number of carbonyl (C=O) groups is 2. The van der Waals surface area contributed by atoms with E-state index in [4.69, 9.17) is 21.3 Å². The van der Waals surface area contributed by atoms with Crippen LogP contribution in [0.15, 0.2) is 76.3 Å². The van der Waals surface area contributed by atoms with Crippen molar-refractivity contribution in [3.63, 3.8) is 0 Å². The number of nitrogens with zero attached hydrogens (tertiary/aromatic N) is 2. The summed E-state index contributed by atoms with van der Waals surface area (Å²) in [7, 11) is 0. The summed E-state index contributed by atoms with van der Waals surface area (Å²) in [6.45, 7) is 6.01. The van der Waals surface area contributed by atoms with Crippen LogP contribution in [0.3, 0.4) is 0 Å². The summed E-state index contributed by atoms with van der Waals surface area (Å²) in [4.78, 5) is 33.1. The van der Waals surface area contributed by atoms with E-state index in [0.29, 0.717) is 21.5 Å². The van der Waals surface area contributed by atoms with Crippen molar-refractivity contribution in [1.82, 2.24) is 10.2 Å². The average molecular weight is 510 g/mol. The number of rotatable bonds is 8. The van der Waals surface area contributed by atoms with Gasteiger partial charge in [0.2, 0.25) is 5.91 Å². The minimum Gasteiger partial charge on any atom is -0.463 e. The molecule has 2 atom stereocenters. The minimum absolute atomic E-state index is 0.0747. The number of benzene rings is 2. The van der Waals surface area contributed by atoms with Crippen molar-refractivity contribution >= 4 is 46.1 Å². The van der Waals surface area contributed by atoms with Crippen LogP contribution in [0.2, 0.25) is 5.02 Å². The number of aliphatic imine (C=N–C) groups is 1. The highest BCUT2D eigenvalue weighted by atomic mass is 35.5. The molecular formula is C27H28ClN3O3S. The lowest BCUT2D eigenvalue weighted by Gasteiger charge is -2.37. The van der Waals surface area contributed by atoms with Crippen LogP contribution in [0.5, 0.6) is 0 Å². The highest BCUT2D eigenvalue weighted by Gasteiger charge is 2.43. The van der Waals surface area contributed by atoms with Crippen molar-refractivity contribution in [1.29, 1.82) is 0 Å². The Bertz CT molecular complexity index is 1210. The molecule has 2 aromatic rings. The summed E-state index contributed by atoms with van der Waals surface area (Å²) < 4.78 is 5.52. The number of hydrogen-bond acceptors (Lipinski definition) is 6. The summed E-state index contributed by atoms with van der Waals surface area (Å²) in [5.74, 6) is -0.541. The molecule has 0 aliphatic carbocycles. The molecule has 0 fully saturated rings. The summed E-state index contributed by atoms with van der Waals surface area (Å²) in [6, 6.07) is 16.5. The maximum Gasteiger partial charge on any atom is 0.338 e. The first-order valence-electron chi connectivity index (χ1n) is 11.7. The molecule has 182 valence electrons. The van der Waals surface area contributed by atoms with Crippen molar-refractivity contribution in [2.45, 2.75) is 45.7 Å². The van der Waals surface area contributed by atoms with Crippen molar-refractivity contribution in [2.75, 3.05) is 6.61 Å². The summed E-state index contributed by atoms with van der Waals surface area (Å²) >= 11 is 8.12. The molecule has 2 heterocycles. The molecule has 35 heavy (non-hydrogen) atoms. The van der Waals surface area contributed by atoms with Crippen LogP contribution in [-0.4, -0.2) is 34.6 Å². The van der Waals surface area contributed by atoms with E-state index in [1.54, 1.807) is 13.0 Å². The standard InChI is InChI=1S/C27H28ClN3O3S/c1-4-17(3)29-22(32)15-19-16-35-27-30-24(18-11-7-6-8-12-18)23(26(33)34-5-2)25(31(19)27)20-13-9-10-14-21(20)28/h6-14,16-17,25H,4-5,15H2,1-3H3,(H,29,32). The van der Waals surface area contributed by atoms with Gasteiger partial charge in [-0.1, -0.05) is 78.8 Å². The van der Waals surface area contributed by atoms with Gasteiger partial charge in [-0.25, -0.2) is 9.79 Å². The molecule has 0 bridgehead atoms. The third-order valence-corrected chi connectivity index (χ3v) is 7.15. The predicted molar refractivity (Wildman–Crippen MR) is 142 cm³/mol. The lowest BCUT2D eigenvalue weighted by Crippen LogP contribution is -2.39. The SMILES string of the molecule is CCOC(=O)C1=C(c2ccccc2)N=C2SC=C(CC(=O)NC(C)CC)N2C1c1ccccc1Cl. The fourth-order valence-corrected chi connectivity index (χ4v) is 5.23. The number of ether oxygens (including phenoxy) is 1. The number of nitrogens with one attached hydrogen (secondary N) is 1. The first kappa shape index (κ1) is 25.1. The Labute approximate surface area is 215 Å². The molecule has 0 saturated carbocycles. The van der Waals surface area contributed by atoms with Crippen LogP contribution < -0.4 is 5.32 Å². The van der Waals surface area contributed by atoms with Gasteiger partial charge in [0.15, 0.2) is 5.17 Å². The van der Waals surface area contributed by atoms with Gasteiger partial charge in [0, 0.05) is 22.3 Å². The molecule has 1 N–H and O–H groups in total. The summed E-state index contributed by atoms with van der Waals surface area (Å²) in [5, 5.41) is 6.16. The number of fused-ring (bicyclic) bond motifs is 1. The molecule has 0 spiro atoms. The van der Waals surface area contributed by atoms with Crippen molar-refractivity contribution in [3.05, 3.63) is 87.4 Å². The number of esters is 1. The Hall–Kier alpha value is -3.03. The largest absolute Gasteiger partial charge is 0.463 e. The number of halogens is 1. The van der Waals surface area contributed by atoms with Gasteiger partial charge in [-0.05, 0) is 37.3 Å². The van der Waals surface area contributed by atoms with Crippen LogP contribution in [0, 0.1) is 0 Å². The fourth-order valence-electron chi connectivity index (χ4n) is 4.07. The number of carbonyl (C=O) groups excluding carboxylic acids is 2. The molecule has 4 rings (SSSR count). The highest BCUT2D eigenvalue weighted by Crippen LogP contribution is 2.48. The van der Waals surface area contributed by atoms with Crippen molar-refractivity contribution < 1.29 is 14.3 Å². The summed E-state index contributed by atoms with van der Waals surface area (Å²) in [6.07, 6.45) is 1.00. The fraction of sp³-hybridized carbons (Fsp3) is 0.296.